The molecule has 2 rings (SSSR count). The SMILES string of the molecule is COC(=O)N1CCc2c(N)nc(C)nc2C1. The molecule has 16 heavy (non-hydrogen) atoms. The number of nitrogen functional groups attached to an aromatic ring is 1. The van der Waals surface area contributed by atoms with Crippen molar-refractivity contribution in [3.05, 3.63) is 17.1 Å². The summed E-state index contributed by atoms with van der Waals surface area (Å²) in [5, 5.41) is 0. The summed E-state index contributed by atoms with van der Waals surface area (Å²) in [6.45, 7) is 2.82. The first kappa shape index (κ1) is 10.7. The van der Waals surface area contributed by atoms with Crippen molar-refractivity contribution >= 4 is 11.9 Å². The second-order valence-corrected chi connectivity index (χ2v) is 3.72. The fourth-order valence-electron chi connectivity index (χ4n) is 1.87. The van der Waals surface area contributed by atoms with E-state index in [1.807, 2.05) is 0 Å². The lowest BCUT2D eigenvalue weighted by atomic mass is 10.1. The number of aryl methyl sites for hydroxylation is 1. The van der Waals surface area contributed by atoms with Crippen LogP contribution in [0.1, 0.15) is 17.1 Å². The lowest BCUT2D eigenvalue weighted by Crippen LogP contribution is -2.37. The summed E-state index contributed by atoms with van der Waals surface area (Å²) >= 11 is 0. The number of hydrogen-bond acceptors (Lipinski definition) is 5. The largest absolute Gasteiger partial charge is 0.453 e. The number of nitrogens with zero attached hydrogens (tertiary/aromatic N) is 3. The Morgan fingerprint density at radius 2 is 2.25 bits per heavy atom. The van der Waals surface area contributed by atoms with E-state index in [0.717, 1.165) is 11.3 Å². The maximum atomic E-state index is 11.4. The van der Waals surface area contributed by atoms with Gasteiger partial charge in [-0.15, -0.1) is 0 Å². The fourth-order valence-corrected chi connectivity index (χ4v) is 1.87. The van der Waals surface area contributed by atoms with Gasteiger partial charge in [-0.05, 0) is 13.3 Å². The number of anilines is 1. The van der Waals surface area contributed by atoms with Crippen LogP contribution in [-0.4, -0.2) is 34.6 Å². The molecule has 6 heteroatoms. The lowest BCUT2D eigenvalue weighted by Gasteiger charge is -2.27. The predicted octanol–water partition coefficient (Wildman–Crippen LogP) is 0.492. The van der Waals surface area contributed by atoms with Crippen LogP contribution in [0.2, 0.25) is 0 Å². The minimum atomic E-state index is -0.333. The summed E-state index contributed by atoms with van der Waals surface area (Å²) in [6, 6.07) is 0. The molecule has 86 valence electrons. The molecule has 0 unspecified atom stereocenters. The van der Waals surface area contributed by atoms with E-state index in [4.69, 9.17) is 5.73 Å². The normalized spacial score (nSPS) is 14.5. The number of nitrogens with two attached hydrogens (primary N) is 1. The van der Waals surface area contributed by atoms with E-state index in [2.05, 4.69) is 14.7 Å². The highest BCUT2D eigenvalue weighted by atomic mass is 16.5. The Morgan fingerprint density at radius 3 is 2.94 bits per heavy atom. The smallest absolute Gasteiger partial charge is 0.409 e. The first-order valence-corrected chi connectivity index (χ1v) is 5.06. The highest BCUT2D eigenvalue weighted by Crippen LogP contribution is 2.21. The van der Waals surface area contributed by atoms with Crippen LogP contribution in [0.25, 0.3) is 0 Å². The summed E-state index contributed by atoms with van der Waals surface area (Å²) in [7, 11) is 1.37. The van der Waals surface area contributed by atoms with Crippen LogP contribution in [0.5, 0.6) is 0 Å². The van der Waals surface area contributed by atoms with Crippen molar-refractivity contribution in [2.75, 3.05) is 19.4 Å². The molecule has 0 saturated carbocycles. The summed E-state index contributed by atoms with van der Waals surface area (Å²) in [4.78, 5) is 21.4. The van der Waals surface area contributed by atoms with Gasteiger partial charge >= 0.3 is 6.09 Å². The molecule has 1 aliphatic heterocycles. The summed E-state index contributed by atoms with van der Waals surface area (Å²) < 4.78 is 4.68. The number of carbonyl (C=O) groups excluding carboxylic acids is 1. The van der Waals surface area contributed by atoms with Crippen LogP contribution >= 0.6 is 0 Å². The van der Waals surface area contributed by atoms with Crippen LogP contribution in [-0.2, 0) is 17.7 Å². The van der Waals surface area contributed by atoms with Gasteiger partial charge in [0.15, 0.2) is 0 Å². The van der Waals surface area contributed by atoms with Crippen molar-refractivity contribution in [3.8, 4) is 0 Å². The van der Waals surface area contributed by atoms with Gasteiger partial charge in [0.1, 0.15) is 11.6 Å². The maximum Gasteiger partial charge on any atom is 0.409 e. The molecule has 0 bridgehead atoms. The molecular weight excluding hydrogens is 208 g/mol. The summed E-state index contributed by atoms with van der Waals surface area (Å²) in [5.41, 5.74) is 7.58. The number of rotatable bonds is 0. The second-order valence-electron chi connectivity index (χ2n) is 3.72. The zero-order chi connectivity index (χ0) is 11.7. The van der Waals surface area contributed by atoms with E-state index >= 15 is 0 Å². The molecule has 2 heterocycles. The Morgan fingerprint density at radius 1 is 1.50 bits per heavy atom. The standard InChI is InChI=1S/C10H14N4O2/c1-6-12-8-5-14(10(15)16-2)4-3-7(8)9(11)13-6/h3-5H2,1-2H3,(H2,11,12,13). The van der Waals surface area contributed by atoms with Crippen molar-refractivity contribution in [2.24, 2.45) is 0 Å². The molecule has 0 radical (unpaired) electrons. The van der Waals surface area contributed by atoms with Gasteiger partial charge in [0.2, 0.25) is 0 Å². The molecule has 0 aliphatic carbocycles. The molecule has 1 aromatic rings. The van der Waals surface area contributed by atoms with Crippen molar-refractivity contribution in [1.82, 2.24) is 14.9 Å². The first-order valence-electron chi connectivity index (χ1n) is 5.06. The van der Waals surface area contributed by atoms with Crippen LogP contribution in [0.4, 0.5) is 10.6 Å². The van der Waals surface area contributed by atoms with Crippen LogP contribution in [0.3, 0.4) is 0 Å². The molecule has 0 atom stereocenters. The molecule has 0 saturated heterocycles. The minimum absolute atomic E-state index is 0.333. The number of methoxy groups -OCH3 is 1. The quantitative estimate of drug-likeness (QED) is 0.691. The first-order chi connectivity index (χ1) is 7.61. The molecule has 1 aromatic heterocycles. The van der Waals surface area contributed by atoms with E-state index in [1.165, 1.54) is 7.11 Å². The van der Waals surface area contributed by atoms with Crippen molar-refractivity contribution in [2.45, 2.75) is 19.9 Å². The predicted molar refractivity (Wildman–Crippen MR) is 57.7 cm³/mol. The van der Waals surface area contributed by atoms with Gasteiger partial charge in [-0.25, -0.2) is 14.8 Å². The zero-order valence-electron chi connectivity index (χ0n) is 9.36. The number of carbonyl (C=O) groups is 1. The average molecular weight is 222 g/mol. The molecule has 0 aromatic carbocycles. The van der Waals surface area contributed by atoms with E-state index in [0.29, 0.717) is 31.2 Å². The van der Waals surface area contributed by atoms with E-state index in [-0.39, 0.29) is 6.09 Å². The lowest BCUT2D eigenvalue weighted by molar-refractivity contribution is 0.118. The van der Waals surface area contributed by atoms with Crippen molar-refractivity contribution in [1.29, 1.82) is 0 Å². The third-order valence-electron chi connectivity index (χ3n) is 2.64. The van der Waals surface area contributed by atoms with Crippen molar-refractivity contribution < 1.29 is 9.53 Å². The molecule has 2 N–H and O–H groups in total. The Bertz CT molecular complexity index is 433. The molecule has 0 fully saturated rings. The van der Waals surface area contributed by atoms with Crippen LogP contribution in [0.15, 0.2) is 0 Å². The van der Waals surface area contributed by atoms with Gasteiger partial charge in [-0.1, -0.05) is 0 Å². The second kappa shape index (κ2) is 3.96. The van der Waals surface area contributed by atoms with E-state index < -0.39 is 0 Å². The molecule has 1 aliphatic rings. The summed E-state index contributed by atoms with van der Waals surface area (Å²) in [5.74, 6) is 1.15. The van der Waals surface area contributed by atoms with Gasteiger partial charge < -0.3 is 15.4 Å². The minimum Gasteiger partial charge on any atom is -0.453 e. The van der Waals surface area contributed by atoms with Gasteiger partial charge in [0.25, 0.3) is 0 Å². The zero-order valence-corrected chi connectivity index (χ0v) is 9.36. The van der Waals surface area contributed by atoms with Gasteiger partial charge in [0.05, 0.1) is 19.3 Å². The number of hydrogen-bond donors (Lipinski definition) is 1. The molecule has 0 spiro atoms. The van der Waals surface area contributed by atoms with Gasteiger partial charge in [0, 0.05) is 12.1 Å². The topological polar surface area (TPSA) is 81.3 Å². The number of ether oxygens (including phenoxy) is 1. The van der Waals surface area contributed by atoms with Gasteiger partial charge in [-0.2, -0.15) is 0 Å². The number of amides is 1. The number of fused-ring (bicyclic) bond motifs is 1. The Balaban J connectivity index is 2.30. The maximum absolute atomic E-state index is 11.4. The molecular formula is C10H14N4O2. The fraction of sp³-hybridized carbons (Fsp3) is 0.500. The Kier molecular flexibility index (Phi) is 2.64. The van der Waals surface area contributed by atoms with E-state index in [9.17, 15) is 4.79 Å². The highest BCUT2D eigenvalue weighted by Gasteiger charge is 2.24. The summed E-state index contributed by atoms with van der Waals surface area (Å²) in [6.07, 6.45) is 0.344. The average Bonchev–Trinajstić information content (AvgIpc) is 2.27. The molecule has 6 nitrogen and oxygen atoms in total. The third kappa shape index (κ3) is 1.78. The Hall–Kier alpha value is -1.85. The van der Waals surface area contributed by atoms with Crippen LogP contribution in [0, 0.1) is 6.92 Å². The van der Waals surface area contributed by atoms with Crippen LogP contribution < -0.4 is 5.73 Å². The number of aromatic nitrogens is 2. The molecule has 1 amide bonds. The van der Waals surface area contributed by atoms with E-state index in [1.54, 1.807) is 11.8 Å². The third-order valence-corrected chi connectivity index (χ3v) is 2.64. The van der Waals surface area contributed by atoms with Gasteiger partial charge in [-0.3, -0.25) is 0 Å². The monoisotopic (exact) mass is 222 g/mol. The Labute approximate surface area is 93.4 Å². The van der Waals surface area contributed by atoms with Crippen molar-refractivity contribution in [3.63, 3.8) is 0 Å². The highest BCUT2D eigenvalue weighted by molar-refractivity contribution is 5.68.